The Kier molecular flexibility index (Phi) is 5.62. The van der Waals surface area contributed by atoms with Crippen molar-refractivity contribution >= 4 is 0 Å². The van der Waals surface area contributed by atoms with E-state index in [2.05, 4.69) is 38.0 Å². The Labute approximate surface area is 95.4 Å². The van der Waals surface area contributed by atoms with Crippen molar-refractivity contribution < 1.29 is 0 Å². The van der Waals surface area contributed by atoms with Crippen LogP contribution in [0.25, 0.3) is 0 Å². The van der Waals surface area contributed by atoms with Gasteiger partial charge in [0.05, 0.1) is 0 Å². The summed E-state index contributed by atoms with van der Waals surface area (Å²) in [7, 11) is 2.24. The standard InChI is InChI=1S/C13H28N2/c1-5-6-7-8-14-13-9-12(3)15(4)10-11(13)2/h11-14H,5-10H2,1-4H3/t11-,12-,13-/m1/s1. The van der Waals surface area contributed by atoms with Gasteiger partial charge in [0.1, 0.15) is 0 Å². The van der Waals surface area contributed by atoms with E-state index in [1.807, 2.05) is 0 Å². The van der Waals surface area contributed by atoms with Crippen molar-refractivity contribution in [2.75, 3.05) is 20.1 Å². The quantitative estimate of drug-likeness (QED) is 0.704. The van der Waals surface area contributed by atoms with Crippen LogP contribution in [-0.2, 0) is 0 Å². The molecule has 90 valence electrons. The smallest absolute Gasteiger partial charge is 0.0120 e. The average molecular weight is 212 g/mol. The predicted molar refractivity (Wildman–Crippen MR) is 67.2 cm³/mol. The van der Waals surface area contributed by atoms with Crippen LogP contribution in [0.5, 0.6) is 0 Å². The SMILES string of the molecule is CCCCCN[C@@H]1C[C@@H](C)N(C)C[C@H]1C. The van der Waals surface area contributed by atoms with Gasteiger partial charge in [0, 0.05) is 18.6 Å². The lowest BCUT2D eigenvalue weighted by atomic mass is 9.90. The lowest BCUT2D eigenvalue weighted by Gasteiger charge is -2.40. The van der Waals surface area contributed by atoms with Crippen molar-refractivity contribution in [3.63, 3.8) is 0 Å². The summed E-state index contributed by atoms with van der Waals surface area (Å²) in [5.74, 6) is 0.799. The van der Waals surface area contributed by atoms with E-state index in [1.54, 1.807) is 0 Å². The number of hydrogen-bond donors (Lipinski definition) is 1. The van der Waals surface area contributed by atoms with Gasteiger partial charge in [-0.05, 0) is 39.3 Å². The third-order valence-corrected chi connectivity index (χ3v) is 3.80. The van der Waals surface area contributed by atoms with Crippen molar-refractivity contribution in [1.29, 1.82) is 0 Å². The summed E-state index contributed by atoms with van der Waals surface area (Å²) in [5.41, 5.74) is 0. The summed E-state index contributed by atoms with van der Waals surface area (Å²) in [6.07, 6.45) is 5.33. The maximum atomic E-state index is 3.73. The molecule has 0 aromatic carbocycles. The second kappa shape index (κ2) is 6.49. The highest BCUT2D eigenvalue weighted by Crippen LogP contribution is 2.20. The molecule has 0 saturated carbocycles. The van der Waals surface area contributed by atoms with Gasteiger partial charge in [-0.15, -0.1) is 0 Å². The molecule has 1 heterocycles. The summed E-state index contributed by atoms with van der Waals surface area (Å²) in [6.45, 7) is 9.43. The number of piperidine rings is 1. The number of rotatable bonds is 5. The Morgan fingerprint density at radius 3 is 2.67 bits per heavy atom. The molecule has 1 N–H and O–H groups in total. The normalized spacial score (nSPS) is 33.2. The molecule has 1 rings (SSSR count). The van der Waals surface area contributed by atoms with E-state index in [1.165, 1.54) is 38.8 Å². The molecule has 0 radical (unpaired) electrons. The molecule has 1 saturated heterocycles. The van der Waals surface area contributed by atoms with E-state index in [0.29, 0.717) is 0 Å². The molecule has 1 aliphatic rings. The van der Waals surface area contributed by atoms with Crippen molar-refractivity contribution in [3.05, 3.63) is 0 Å². The zero-order valence-electron chi connectivity index (χ0n) is 10.9. The minimum absolute atomic E-state index is 0.741. The van der Waals surface area contributed by atoms with E-state index in [4.69, 9.17) is 0 Å². The first-order chi connectivity index (χ1) is 7.15. The zero-order valence-corrected chi connectivity index (χ0v) is 10.9. The first kappa shape index (κ1) is 13.0. The largest absolute Gasteiger partial charge is 0.314 e. The molecule has 3 atom stereocenters. The van der Waals surface area contributed by atoms with Crippen LogP contribution in [0.2, 0.25) is 0 Å². The number of likely N-dealkylation sites (tertiary alicyclic amines) is 1. The molecule has 0 aromatic heterocycles. The third kappa shape index (κ3) is 4.12. The van der Waals surface area contributed by atoms with Gasteiger partial charge in [0.25, 0.3) is 0 Å². The molecule has 1 aliphatic heterocycles. The van der Waals surface area contributed by atoms with E-state index in [9.17, 15) is 0 Å². The molecular formula is C13H28N2. The van der Waals surface area contributed by atoms with E-state index in [-0.39, 0.29) is 0 Å². The summed E-state index contributed by atoms with van der Waals surface area (Å²) >= 11 is 0. The van der Waals surface area contributed by atoms with Gasteiger partial charge in [0.15, 0.2) is 0 Å². The first-order valence-corrected chi connectivity index (χ1v) is 6.58. The fraction of sp³-hybridized carbons (Fsp3) is 1.00. The average Bonchev–Trinajstić information content (AvgIpc) is 2.20. The van der Waals surface area contributed by atoms with Gasteiger partial charge in [-0.2, -0.15) is 0 Å². The second-order valence-electron chi connectivity index (χ2n) is 5.27. The lowest BCUT2D eigenvalue weighted by molar-refractivity contribution is 0.122. The molecule has 0 aromatic rings. The van der Waals surface area contributed by atoms with Crippen LogP contribution in [0.3, 0.4) is 0 Å². The number of nitrogens with one attached hydrogen (secondary N) is 1. The van der Waals surface area contributed by atoms with Crippen molar-refractivity contribution in [2.45, 2.75) is 58.5 Å². The minimum Gasteiger partial charge on any atom is -0.314 e. The van der Waals surface area contributed by atoms with Crippen LogP contribution in [0, 0.1) is 5.92 Å². The molecule has 2 heteroatoms. The highest BCUT2D eigenvalue weighted by atomic mass is 15.2. The molecule has 0 aliphatic carbocycles. The van der Waals surface area contributed by atoms with Gasteiger partial charge in [0.2, 0.25) is 0 Å². The van der Waals surface area contributed by atoms with Crippen LogP contribution < -0.4 is 5.32 Å². The summed E-state index contributed by atoms with van der Waals surface area (Å²) in [5, 5.41) is 3.73. The molecular weight excluding hydrogens is 184 g/mol. The third-order valence-electron chi connectivity index (χ3n) is 3.80. The van der Waals surface area contributed by atoms with Crippen molar-refractivity contribution in [3.8, 4) is 0 Å². The molecule has 0 unspecified atom stereocenters. The highest BCUT2D eigenvalue weighted by Gasteiger charge is 2.27. The van der Waals surface area contributed by atoms with Gasteiger partial charge in [-0.25, -0.2) is 0 Å². The second-order valence-corrected chi connectivity index (χ2v) is 5.27. The Hall–Kier alpha value is -0.0800. The fourth-order valence-corrected chi connectivity index (χ4v) is 2.49. The van der Waals surface area contributed by atoms with Gasteiger partial charge in [-0.1, -0.05) is 26.7 Å². The van der Waals surface area contributed by atoms with E-state index >= 15 is 0 Å². The first-order valence-electron chi connectivity index (χ1n) is 6.58. The van der Waals surface area contributed by atoms with Crippen LogP contribution >= 0.6 is 0 Å². The Bertz CT molecular complexity index is 170. The molecule has 2 nitrogen and oxygen atoms in total. The molecule has 15 heavy (non-hydrogen) atoms. The molecule has 0 bridgehead atoms. The number of hydrogen-bond acceptors (Lipinski definition) is 2. The van der Waals surface area contributed by atoms with Crippen LogP contribution in [0.1, 0.15) is 46.5 Å². The lowest BCUT2D eigenvalue weighted by Crippen LogP contribution is -2.51. The monoisotopic (exact) mass is 212 g/mol. The summed E-state index contributed by atoms with van der Waals surface area (Å²) < 4.78 is 0. The molecule has 0 amide bonds. The number of unbranched alkanes of at least 4 members (excludes halogenated alkanes) is 2. The predicted octanol–water partition coefficient (Wildman–Crippen LogP) is 2.49. The highest BCUT2D eigenvalue weighted by molar-refractivity contribution is 4.85. The van der Waals surface area contributed by atoms with Crippen LogP contribution in [-0.4, -0.2) is 37.1 Å². The van der Waals surface area contributed by atoms with Crippen LogP contribution in [0.15, 0.2) is 0 Å². The molecule has 1 fully saturated rings. The minimum atomic E-state index is 0.741. The number of nitrogens with zero attached hydrogens (tertiary/aromatic N) is 1. The zero-order chi connectivity index (χ0) is 11.3. The topological polar surface area (TPSA) is 15.3 Å². The van der Waals surface area contributed by atoms with Crippen LogP contribution in [0.4, 0.5) is 0 Å². The Morgan fingerprint density at radius 2 is 2.00 bits per heavy atom. The van der Waals surface area contributed by atoms with Crippen molar-refractivity contribution in [2.24, 2.45) is 5.92 Å². The Morgan fingerprint density at radius 1 is 1.27 bits per heavy atom. The molecule has 0 spiro atoms. The summed E-state index contributed by atoms with van der Waals surface area (Å²) in [4.78, 5) is 2.48. The summed E-state index contributed by atoms with van der Waals surface area (Å²) in [6, 6.07) is 1.48. The Balaban J connectivity index is 2.22. The van der Waals surface area contributed by atoms with Gasteiger partial charge in [-0.3, -0.25) is 0 Å². The maximum Gasteiger partial charge on any atom is 0.0120 e. The van der Waals surface area contributed by atoms with Gasteiger partial charge < -0.3 is 10.2 Å². The van der Waals surface area contributed by atoms with Gasteiger partial charge >= 0.3 is 0 Å². The maximum absolute atomic E-state index is 3.73. The fourth-order valence-electron chi connectivity index (χ4n) is 2.49. The van der Waals surface area contributed by atoms with E-state index in [0.717, 1.165) is 18.0 Å². The van der Waals surface area contributed by atoms with Crippen molar-refractivity contribution in [1.82, 2.24) is 10.2 Å². The van der Waals surface area contributed by atoms with E-state index < -0.39 is 0 Å².